The maximum atomic E-state index is 12.5. The summed E-state index contributed by atoms with van der Waals surface area (Å²) in [6.45, 7) is 0.631. The zero-order valence-electron chi connectivity index (χ0n) is 14.0. The molecule has 4 N–H and O–H groups in total. The smallest absolute Gasteiger partial charge is 0.314 e. The largest absolute Gasteiger partial charge is 0.426 e. The van der Waals surface area contributed by atoms with Gasteiger partial charge in [-0.15, -0.1) is 0 Å². The number of hydrogen-bond acceptors (Lipinski definition) is 3. The molecule has 5 nitrogen and oxygen atoms in total. The number of esters is 1. The molecule has 1 aliphatic rings. The number of halogens is 1. The van der Waals surface area contributed by atoms with Gasteiger partial charge in [0.2, 0.25) is 0 Å². The number of aliphatic imine (C=N–C) groups is 1. The van der Waals surface area contributed by atoms with Crippen LogP contribution in [0, 0.1) is 11.8 Å². The van der Waals surface area contributed by atoms with E-state index in [1.807, 2.05) is 24.3 Å². The van der Waals surface area contributed by atoms with E-state index in [1.54, 1.807) is 12.1 Å². The molecule has 25 heavy (non-hydrogen) atoms. The van der Waals surface area contributed by atoms with Crippen LogP contribution in [0.3, 0.4) is 0 Å². The molecule has 2 aromatic rings. The Morgan fingerprint density at radius 2 is 1.76 bits per heavy atom. The molecule has 6 heteroatoms. The minimum Gasteiger partial charge on any atom is -0.426 e. The first kappa shape index (κ1) is 17.5. The van der Waals surface area contributed by atoms with E-state index in [1.165, 1.54) is 0 Å². The molecule has 0 amide bonds. The van der Waals surface area contributed by atoms with Gasteiger partial charge in [0.15, 0.2) is 5.96 Å². The summed E-state index contributed by atoms with van der Waals surface area (Å²) in [5, 5.41) is 2.39. The maximum Gasteiger partial charge on any atom is 0.314 e. The van der Waals surface area contributed by atoms with Gasteiger partial charge in [-0.05, 0) is 43.7 Å². The Kier molecular flexibility index (Phi) is 5.43. The lowest BCUT2D eigenvalue weighted by Gasteiger charge is -2.26. The van der Waals surface area contributed by atoms with Gasteiger partial charge in [0.25, 0.3) is 0 Å². The molecule has 0 unspecified atom stereocenters. The second-order valence-electron chi connectivity index (χ2n) is 6.50. The summed E-state index contributed by atoms with van der Waals surface area (Å²) in [7, 11) is 0. The van der Waals surface area contributed by atoms with E-state index in [0.29, 0.717) is 23.2 Å². The highest BCUT2D eigenvalue weighted by Crippen LogP contribution is 2.34. The van der Waals surface area contributed by atoms with Gasteiger partial charge in [0, 0.05) is 22.3 Å². The standard InChI is InChI=1S/C19H22ClN3O2/c20-16-9-10-17(15-4-2-1-3-14(15)16)25-18(24)13-7-5-12(6-8-13)11-23-19(21)22/h1-4,9-10,12-13H,5-8,11H2,(H4,21,22,23). The van der Waals surface area contributed by atoms with Crippen molar-refractivity contribution >= 4 is 34.3 Å². The number of carbonyl (C=O) groups is 1. The third kappa shape index (κ3) is 4.23. The molecular formula is C19H22ClN3O2. The summed E-state index contributed by atoms with van der Waals surface area (Å²) in [4.78, 5) is 16.6. The van der Waals surface area contributed by atoms with E-state index in [9.17, 15) is 4.79 Å². The summed E-state index contributed by atoms with van der Waals surface area (Å²) >= 11 is 6.21. The molecular weight excluding hydrogens is 338 g/mol. The highest BCUT2D eigenvalue weighted by atomic mass is 35.5. The van der Waals surface area contributed by atoms with Crippen LogP contribution in [0.4, 0.5) is 0 Å². The summed E-state index contributed by atoms with van der Waals surface area (Å²) in [5.74, 6) is 0.865. The average molecular weight is 360 g/mol. The predicted octanol–water partition coefficient (Wildman–Crippen LogP) is 3.48. The van der Waals surface area contributed by atoms with Crippen molar-refractivity contribution in [3.8, 4) is 5.75 Å². The molecule has 0 radical (unpaired) electrons. The molecule has 1 aliphatic carbocycles. The lowest BCUT2D eigenvalue weighted by molar-refractivity contribution is -0.140. The summed E-state index contributed by atoms with van der Waals surface area (Å²) in [5.41, 5.74) is 10.7. The summed E-state index contributed by atoms with van der Waals surface area (Å²) in [6.07, 6.45) is 3.46. The van der Waals surface area contributed by atoms with Crippen molar-refractivity contribution in [1.29, 1.82) is 0 Å². The topological polar surface area (TPSA) is 90.7 Å². The third-order valence-electron chi connectivity index (χ3n) is 4.75. The van der Waals surface area contributed by atoms with Crippen LogP contribution in [0.5, 0.6) is 5.75 Å². The molecule has 0 atom stereocenters. The van der Waals surface area contributed by atoms with Crippen LogP contribution in [0.1, 0.15) is 25.7 Å². The summed E-state index contributed by atoms with van der Waals surface area (Å²) in [6, 6.07) is 11.2. The minimum atomic E-state index is -0.173. The zero-order valence-corrected chi connectivity index (χ0v) is 14.7. The van der Waals surface area contributed by atoms with Gasteiger partial charge in [-0.3, -0.25) is 9.79 Å². The number of guanidine groups is 1. The Morgan fingerprint density at radius 3 is 2.44 bits per heavy atom. The van der Waals surface area contributed by atoms with Gasteiger partial charge < -0.3 is 16.2 Å². The van der Waals surface area contributed by atoms with Crippen LogP contribution in [0.15, 0.2) is 41.4 Å². The number of ether oxygens (including phenoxy) is 1. The number of nitrogens with two attached hydrogens (primary N) is 2. The van der Waals surface area contributed by atoms with E-state index in [4.69, 9.17) is 27.8 Å². The van der Waals surface area contributed by atoms with Crippen molar-refractivity contribution in [3.63, 3.8) is 0 Å². The fourth-order valence-corrected chi connectivity index (χ4v) is 3.56. The van der Waals surface area contributed by atoms with Crippen molar-refractivity contribution < 1.29 is 9.53 Å². The van der Waals surface area contributed by atoms with E-state index >= 15 is 0 Å². The van der Waals surface area contributed by atoms with Crippen molar-refractivity contribution in [1.82, 2.24) is 0 Å². The van der Waals surface area contributed by atoms with Crippen molar-refractivity contribution in [3.05, 3.63) is 41.4 Å². The second-order valence-corrected chi connectivity index (χ2v) is 6.90. The van der Waals surface area contributed by atoms with Gasteiger partial charge >= 0.3 is 5.97 Å². The van der Waals surface area contributed by atoms with E-state index in [2.05, 4.69) is 4.99 Å². The van der Waals surface area contributed by atoms with Crippen LogP contribution >= 0.6 is 11.6 Å². The molecule has 132 valence electrons. The highest BCUT2D eigenvalue weighted by molar-refractivity contribution is 6.35. The van der Waals surface area contributed by atoms with E-state index in [0.717, 1.165) is 36.5 Å². The molecule has 3 rings (SSSR count). The fourth-order valence-electron chi connectivity index (χ4n) is 3.33. The molecule has 0 heterocycles. The first-order valence-corrected chi connectivity index (χ1v) is 8.86. The lowest BCUT2D eigenvalue weighted by atomic mass is 9.82. The molecule has 1 fully saturated rings. The highest BCUT2D eigenvalue weighted by Gasteiger charge is 2.28. The van der Waals surface area contributed by atoms with Gasteiger partial charge in [-0.25, -0.2) is 0 Å². The van der Waals surface area contributed by atoms with Crippen LogP contribution in [0.25, 0.3) is 10.8 Å². The van der Waals surface area contributed by atoms with Gasteiger partial charge in [0.1, 0.15) is 5.75 Å². The molecule has 0 aliphatic heterocycles. The first-order chi connectivity index (χ1) is 12.0. The van der Waals surface area contributed by atoms with Gasteiger partial charge in [0.05, 0.1) is 5.92 Å². The normalized spacial score (nSPS) is 20.2. The Morgan fingerprint density at radius 1 is 1.08 bits per heavy atom. The molecule has 1 saturated carbocycles. The van der Waals surface area contributed by atoms with Gasteiger partial charge in [-0.2, -0.15) is 0 Å². The van der Waals surface area contributed by atoms with Crippen molar-refractivity contribution in [2.75, 3.05) is 6.54 Å². The Labute approximate surface area is 152 Å². The van der Waals surface area contributed by atoms with Crippen molar-refractivity contribution in [2.24, 2.45) is 28.3 Å². The third-order valence-corrected chi connectivity index (χ3v) is 5.08. The van der Waals surface area contributed by atoms with E-state index < -0.39 is 0 Å². The summed E-state index contributed by atoms with van der Waals surface area (Å²) < 4.78 is 5.69. The molecule has 0 spiro atoms. The molecule has 0 saturated heterocycles. The van der Waals surface area contributed by atoms with E-state index in [-0.39, 0.29) is 17.8 Å². The number of hydrogen-bond donors (Lipinski definition) is 2. The SMILES string of the molecule is NC(N)=NCC1CCC(C(=O)Oc2ccc(Cl)c3ccccc23)CC1. The monoisotopic (exact) mass is 359 g/mol. The van der Waals surface area contributed by atoms with Crippen LogP contribution in [-0.4, -0.2) is 18.5 Å². The molecule has 0 aromatic heterocycles. The Balaban J connectivity index is 1.64. The minimum absolute atomic E-state index is 0.0788. The Hall–Kier alpha value is -2.27. The van der Waals surface area contributed by atoms with Crippen LogP contribution in [-0.2, 0) is 4.79 Å². The predicted molar refractivity (Wildman–Crippen MR) is 101 cm³/mol. The number of fused-ring (bicyclic) bond motifs is 1. The lowest BCUT2D eigenvalue weighted by Crippen LogP contribution is -2.28. The number of carbonyl (C=O) groups excluding carboxylic acids is 1. The molecule has 2 aromatic carbocycles. The quantitative estimate of drug-likeness (QED) is 0.378. The number of rotatable bonds is 4. The first-order valence-electron chi connectivity index (χ1n) is 8.49. The van der Waals surface area contributed by atoms with Crippen molar-refractivity contribution in [2.45, 2.75) is 25.7 Å². The number of nitrogens with zero attached hydrogens (tertiary/aromatic N) is 1. The molecule has 0 bridgehead atoms. The van der Waals surface area contributed by atoms with Crippen LogP contribution in [0.2, 0.25) is 5.02 Å². The average Bonchev–Trinajstić information content (AvgIpc) is 2.63. The second kappa shape index (κ2) is 7.74. The zero-order chi connectivity index (χ0) is 17.8. The van der Waals surface area contributed by atoms with Gasteiger partial charge in [-0.1, -0.05) is 35.9 Å². The maximum absolute atomic E-state index is 12.5. The Bertz CT molecular complexity index is 794. The van der Waals surface area contributed by atoms with Crippen LogP contribution < -0.4 is 16.2 Å². The fraction of sp³-hybridized carbons (Fsp3) is 0.368. The number of benzene rings is 2.